The van der Waals surface area contributed by atoms with Gasteiger partial charge in [0, 0.05) is 32.0 Å². The van der Waals surface area contributed by atoms with Crippen LogP contribution in [0.15, 0.2) is 91.4 Å². The lowest BCUT2D eigenvalue weighted by atomic mass is 10.1. The topological polar surface area (TPSA) is 69.0 Å². The summed E-state index contributed by atoms with van der Waals surface area (Å²) in [6, 6.07) is 24.2. The van der Waals surface area contributed by atoms with E-state index in [0.717, 1.165) is 39.3 Å². The number of pyridine rings is 2. The highest BCUT2D eigenvalue weighted by Crippen LogP contribution is 2.23. The molecule has 0 saturated carbocycles. The summed E-state index contributed by atoms with van der Waals surface area (Å²) in [5, 5.41) is 11.1. The first kappa shape index (κ1) is 20.8. The molecule has 0 aliphatic rings. The van der Waals surface area contributed by atoms with Gasteiger partial charge >= 0.3 is 0 Å². The molecular weight excluding hydrogens is 412 g/mol. The third-order valence-corrected chi connectivity index (χ3v) is 5.45. The van der Waals surface area contributed by atoms with Crippen LogP contribution >= 0.6 is 0 Å². The van der Waals surface area contributed by atoms with Crippen LogP contribution < -0.4 is 4.74 Å². The third kappa shape index (κ3) is 5.05. The molecule has 3 aromatic heterocycles. The molecule has 5 rings (SSSR count). The number of hydrogen-bond acceptors (Lipinski definition) is 6. The van der Waals surface area contributed by atoms with Gasteiger partial charge in [-0.25, -0.2) is 4.68 Å². The summed E-state index contributed by atoms with van der Waals surface area (Å²) >= 11 is 0. The standard InChI is InChI=1S/C26H24N6O/c1-33-26-11-9-20-14-25(10-8-21(20)15-26)32-19-24(29-30-32)18-31(16-22-6-2-4-12-27-22)17-23-7-3-5-13-28-23/h2-15,19H,16-18H2,1H3. The minimum absolute atomic E-state index is 0.637. The predicted octanol–water partition coefficient (Wildman–Crippen LogP) is 4.42. The lowest BCUT2D eigenvalue weighted by molar-refractivity contribution is 0.238. The molecule has 33 heavy (non-hydrogen) atoms. The van der Waals surface area contributed by atoms with E-state index >= 15 is 0 Å². The molecule has 0 unspecified atom stereocenters. The van der Waals surface area contributed by atoms with E-state index in [-0.39, 0.29) is 0 Å². The Kier molecular flexibility index (Phi) is 6.04. The number of aromatic nitrogens is 5. The quantitative estimate of drug-likeness (QED) is 0.359. The number of benzene rings is 2. The molecule has 0 fully saturated rings. The molecule has 0 radical (unpaired) electrons. The smallest absolute Gasteiger partial charge is 0.119 e. The van der Waals surface area contributed by atoms with Gasteiger partial charge in [0.1, 0.15) is 5.75 Å². The third-order valence-electron chi connectivity index (χ3n) is 5.45. The van der Waals surface area contributed by atoms with Gasteiger partial charge in [-0.2, -0.15) is 0 Å². The van der Waals surface area contributed by atoms with Crippen molar-refractivity contribution in [1.82, 2.24) is 29.9 Å². The zero-order valence-electron chi connectivity index (χ0n) is 18.4. The molecule has 164 valence electrons. The van der Waals surface area contributed by atoms with Gasteiger partial charge in [0.15, 0.2) is 0 Å². The lowest BCUT2D eigenvalue weighted by Gasteiger charge is -2.20. The average Bonchev–Trinajstić information content (AvgIpc) is 3.33. The minimum Gasteiger partial charge on any atom is -0.497 e. The lowest BCUT2D eigenvalue weighted by Crippen LogP contribution is -2.23. The van der Waals surface area contributed by atoms with Gasteiger partial charge in [-0.05, 0) is 59.3 Å². The molecule has 7 nitrogen and oxygen atoms in total. The second kappa shape index (κ2) is 9.58. The predicted molar refractivity (Wildman–Crippen MR) is 127 cm³/mol. The first-order chi connectivity index (χ1) is 16.3. The maximum absolute atomic E-state index is 5.32. The van der Waals surface area contributed by atoms with E-state index in [2.05, 4.69) is 43.4 Å². The number of nitrogens with zero attached hydrogens (tertiary/aromatic N) is 6. The second-order valence-electron chi connectivity index (χ2n) is 7.84. The van der Waals surface area contributed by atoms with Crippen molar-refractivity contribution >= 4 is 10.8 Å². The van der Waals surface area contributed by atoms with Crippen LogP contribution in [0.1, 0.15) is 17.1 Å². The van der Waals surface area contributed by atoms with E-state index in [9.17, 15) is 0 Å². The maximum atomic E-state index is 5.32. The number of rotatable bonds is 8. The Bertz CT molecular complexity index is 1300. The summed E-state index contributed by atoms with van der Waals surface area (Å²) in [5.41, 5.74) is 3.86. The molecule has 0 N–H and O–H groups in total. The van der Waals surface area contributed by atoms with Gasteiger partial charge in [0.25, 0.3) is 0 Å². The summed E-state index contributed by atoms with van der Waals surface area (Å²) in [6.07, 6.45) is 5.62. The fourth-order valence-electron chi connectivity index (χ4n) is 3.82. The molecule has 0 aliphatic heterocycles. The van der Waals surface area contributed by atoms with E-state index < -0.39 is 0 Å². The van der Waals surface area contributed by atoms with Gasteiger partial charge < -0.3 is 4.74 Å². The molecule has 0 saturated heterocycles. The highest BCUT2D eigenvalue weighted by molar-refractivity contribution is 5.85. The zero-order valence-corrected chi connectivity index (χ0v) is 18.4. The van der Waals surface area contributed by atoms with Crippen LogP contribution in [-0.4, -0.2) is 37.0 Å². The van der Waals surface area contributed by atoms with Crippen LogP contribution in [0.25, 0.3) is 16.5 Å². The first-order valence-electron chi connectivity index (χ1n) is 10.8. The van der Waals surface area contributed by atoms with Crippen molar-refractivity contribution in [2.75, 3.05) is 7.11 Å². The van der Waals surface area contributed by atoms with E-state index in [0.29, 0.717) is 19.6 Å². The maximum Gasteiger partial charge on any atom is 0.119 e. The van der Waals surface area contributed by atoms with Crippen LogP contribution in [0, 0.1) is 0 Å². The summed E-state index contributed by atoms with van der Waals surface area (Å²) in [4.78, 5) is 11.2. The van der Waals surface area contributed by atoms with Gasteiger partial charge in [-0.3, -0.25) is 14.9 Å². The summed E-state index contributed by atoms with van der Waals surface area (Å²) < 4.78 is 7.14. The van der Waals surface area contributed by atoms with Gasteiger partial charge in [0.05, 0.1) is 36.1 Å². The highest BCUT2D eigenvalue weighted by Gasteiger charge is 2.13. The molecule has 0 spiro atoms. The first-order valence-corrected chi connectivity index (χ1v) is 10.8. The molecule has 0 amide bonds. The van der Waals surface area contributed by atoms with Crippen LogP contribution in [0.3, 0.4) is 0 Å². The number of hydrogen-bond donors (Lipinski definition) is 0. The number of ether oxygens (including phenoxy) is 1. The largest absolute Gasteiger partial charge is 0.497 e. The fraction of sp³-hybridized carbons (Fsp3) is 0.154. The Morgan fingerprint density at radius 1 is 0.758 bits per heavy atom. The molecule has 0 bridgehead atoms. The molecule has 2 aromatic carbocycles. The number of fused-ring (bicyclic) bond motifs is 1. The fourth-order valence-corrected chi connectivity index (χ4v) is 3.82. The van der Waals surface area contributed by atoms with Gasteiger partial charge in [0.2, 0.25) is 0 Å². The van der Waals surface area contributed by atoms with Crippen molar-refractivity contribution in [3.05, 3.63) is 108 Å². The van der Waals surface area contributed by atoms with Crippen LogP contribution in [0.2, 0.25) is 0 Å². The van der Waals surface area contributed by atoms with Gasteiger partial charge in [-0.1, -0.05) is 29.5 Å². The summed E-state index contributed by atoms with van der Waals surface area (Å²) in [7, 11) is 1.68. The van der Waals surface area contributed by atoms with Crippen LogP contribution in [0.4, 0.5) is 0 Å². The minimum atomic E-state index is 0.637. The van der Waals surface area contributed by atoms with Crippen molar-refractivity contribution in [3.8, 4) is 11.4 Å². The number of methoxy groups -OCH3 is 1. The molecular formula is C26H24N6O. The Morgan fingerprint density at radius 2 is 1.42 bits per heavy atom. The van der Waals surface area contributed by atoms with Crippen LogP contribution in [-0.2, 0) is 19.6 Å². The van der Waals surface area contributed by atoms with E-state index in [1.54, 1.807) is 7.11 Å². The second-order valence-corrected chi connectivity index (χ2v) is 7.84. The van der Waals surface area contributed by atoms with Crippen LogP contribution in [0.5, 0.6) is 5.75 Å². The molecule has 7 heteroatoms. The van der Waals surface area contributed by atoms with Crippen molar-refractivity contribution in [3.63, 3.8) is 0 Å². The summed E-state index contributed by atoms with van der Waals surface area (Å²) in [6.45, 7) is 2.03. The molecule has 3 heterocycles. The Morgan fingerprint density at radius 3 is 2.09 bits per heavy atom. The van der Waals surface area contributed by atoms with Crippen molar-refractivity contribution in [1.29, 1.82) is 0 Å². The molecule has 0 aliphatic carbocycles. The van der Waals surface area contributed by atoms with E-state index in [4.69, 9.17) is 4.74 Å². The zero-order chi connectivity index (χ0) is 22.5. The Labute approximate surface area is 192 Å². The summed E-state index contributed by atoms with van der Waals surface area (Å²) in [5.74, 6) is 0.846. The molecule has 5 aromatic rings. The monoisotopic (exact) mass is 436 g/mol. The highest BCUT2D eigenvalue weighted by atomic mass is 16.5. The Hall–Kier alpha value is -4.10. The van der Waals surface area contributed by atoms with Crippen molar-refractivity contribution in [2.45, 2.75) is 19.6 Å². The average molecular weight is 437 g/mol. The van der Waals surface area contributed by atoms with Crippen molar-refractivity contribution < 1.29 is 4.74 Å². The van der Waals surface area contributed by atoms with E-state index in [1.165, 1.54) is 0 Å². The Balaban J connectivity index is 1.37. The SMILES string of the molecule is COc1ccc2cc(-n3cc(CN(Cc4ccccn4)Cc4ccccn4)nn3)ccc2c1. The van der Waals surface area contributed by atoms with Gasteiger partial charge in [-0.15, -0.1) is 5.10 Å². The normalized spacial score (nSPS) is 11.2. The molecule has 0 atom stereocenters. The van der Waals surface area contributed by atoms with E-state index in [1.807, 2.05) is 77.9 Å². The van der Waals surface area contributed by atoms with Crippen molar-refractivity contribution in [2.24, 2.45) is 0 Å².